The summed E-state index contributed by atoms with van der Waals surface area (Å²) in [6.07, 6.45) is 4.89. The molecule has 0 radical (unpaired) electrons. The van der Waals surface area contributed by atoms with Crippen LogP contribution in [0.3, 0.4) is 0 Å². The summed E-state index contributed by atoms with van der Waals surface area (Å²) in [7, 11) is 0. The van der Waals surface area contributed by atoms with Crippen molar-refractivity contribution in [2.24, 2.45) is 0 Å². The van der Waals surface area contributed by atoms with E-state index in [0.29, 0.717) is 25.2 Å². The molecule has 5 nitrogen and oxygen atoms in total. The van der Waals surface area contributed by atoms with Gasteiger partial charge in [0.1, 0.15) is 0 Å². The molecule has 0 saturated carbocycles. The zero-order chi connectivity index (χ0) is 23.1. The number of allylic oxidation sites excluding steroid dienone is 1. The molecule has 0 aliphatic carbocycles. The lowest BCUT2D eigenvalue weighted by molar-refractivity contribution is -0.0232. The summed E-state index contributed by atoms with van der Waals surface area (Å²) in [6, 6.07) is 14.5. The van der Waals surface area contributed by atoms with Gasteiger partial charge in [-0.05, 0) is 48.1 Å². The van der Waals surface area contributed by atoms with E-state index in [0.717, 1.165) is 23.1 Å². The van der Waals surface area contributed by atoms with Gasteiger partial charge in [0.25, 0.3) is 0 Å². The molecule has 0 amide bonds. The molecule has 1 heterocycles. The quantitative estimate of drug-likeness (QED) is 0.425. The standard InChI is InChI=1S/C25H27F2N3O2/c1-3-5-10-22-28-24(25(26,27)15-4-2)29-30(22)17-19-13-11-18(12-14-19)16-20-8-6-7-9-21(20)23(31)32/h5-14H,3-4,15-17H2,1-2H3,(H,31,32)/b10-5+. The van der Waals surface area contributed by atoms with E-state index in [-0.39, 0.29) is 12.0 Å². The number of rotatable bonds is 10. The molecule has 0 unspecified atom stereocenters. The molecule has 0 bridgehead atoms. The summed E-state index contributed by atoms with van der Waals surface area (Å²) >= 11 is 0. The molecule has 0 saturated heterocycles. The Balaban J connectivity index is 1.81. The number of aromatic nitrogens is 3. The van der Waals surface area contributed by atoms with Crippen LogP contribution in [0.15, 0.2) is 54.6 Å². The Morgan fingerprint density at radius 2 is 1.78 bits per heavy atom. The number of aromatic carboxylic acids is 1. The van der Waals surface area contributed by atoms with Gasteiger partial charge < -0.3 is 5.11 Å². The van der Waals surface area contributed by atoms with Crippen LogP contribution in [0.25, 0.3) is 6.08 Å². The molecule has 0 aliphatic heterocycles. The number of carboxylic acids is 1. The van der Waals surface area contributed by atoms with Crippen LogP contribution in [-0.4, -0.2) is 25.8 Å². The Morgan fingerprint density at radius 3 is 2.44 bits per heavy atom. The topological polar surface area (TPSA) is 68.0 Å². The van der Waals surface area contributed by atoms with Crippen LogP contribution < -0.4 is 0 Å². The minimum Gasteiger partial charge on any atom is -0.478 e. The average Bonchev–Trinajstić information content (AvgIpc) is 3.17. The van der Waals surface area contributed by atoms with Crippen LogP contribution in [0.2, 0.25) is 0 Å². The second-order valence-corrected chi connectivity index (χ2v) is 7.67. The minimum atomic E-state index is -3.06. The fourth-order valence-electron chi connectivity index (χ4n) is 3.44. The van der Waals surface area contributed by atoms with Crippen LogP contribution in [0, 0.1) is 0 Å². The van der Waals surface area contributed by atoms with Gasteiger partial charge in [-0.2, -0.15) is 8.78 Å². The molecule has 1 aromatic heterocycles. The van der Waals surface area contributed by atoms with Gasteiger partial charge in [-0.3, -0.25) is 0 Å². The van der Waals surface area contributed by atoms with Gasteiger partial charge in [0.05, 0.1) is 12.1 Å². The zero-order valence-corrected chi connectivity index (χ0v) is 18.3. The highest BCUT2D eigenvalue weighted by atomic mass is 19.3. The summed E-state index contributed by atoms with van der Waals surface area (Å²) in [5.41, 5.74) is 2.87. The van der Waals surface area contributed by atoms with Crippen LogP contribution in [0.4, 0.5) is 8.78 Å². The smallest absolute Gasteiger partial charge is 0.335 e. The highest BCUT2D eigenvalue weighted by Gasteiger charge is 2.35. The third kappa shape index (κ3) is 5.66. The highest BCUT2D eigenvalue weighted by Crippen LogP contribution is 2.30. The number of carboxylic acid groups (broad SMARTS) is 1. The molecule has 1 N–H and O–H groups in total. The summed E-state index contributed by atoms with van der Waals surface area (Å²) in [5, 5.41) is 13.5. The van der Waals surface area contributed by atoms with Crippen molar-refractivity contribution in [3.05, 3.63) is 88.5 Å². The highest BCUT2D eigenvalue weighted by molar-refractivity contribution is 5.89. The summed E-state index contributed by atoms with van der Waals surface area (Å²) < 4.78 is 30.2. The van der Waals surface area contributed by atoms with E-state index in [4.69, 9.17) is 0 Å². The molecule has 0 fully saturated rings. The van der Waals surface area contributed by atoms with Crippen LogP contribution in [0.1, 0.15) is 71.8 Å². The zero-order valence-electron chi connectivity index (χ0n) is 18.3. The largest absolute Gasteiger partial charge is 0.478 e. The SMILES string of the molecule is CC/C=C/c1nc(C(F)(F)CCC)nn1Cc1ccc(Cc2ccccc2C(=O)O)cc1. The van der Waals surface area contributed by atoms with Crippen LogP contribution in [0.5, 0.6) is 0 Å². The monoisotopic (exact) mass is 439 g/mol. The molecule has 3 aromatic rings. The van der Waals surface area contributed by atoms with Gasteiger partial charge in [-0.25, -0.2) is 14.5 Å². The Labute approximate surface area is 186 Å². The summed E-state index contributed by atoms with van der Waals surface area (Å²) in [5.74, 6) is -4.06. The van der Waals surface area contributed by atoms with Crippen molar-refractivity contribution in [2.45, 2.75) is 52.0 Å². The first-order valence-corrected chi connectivity index (χ1v) is 10.7. The molecule has 32 heavy (non-hydrogen) atoms. The first kappa shape index (κ1) is 23.3. The van der Waals surface area contributed by atoms with E-state index in [1.54, 1.807) is 31.2 Å². The van der Waals surface area contributed by atoms with Gasteiger partial charge in [0, 0.05) is 6.42 Å². The lowest BCUT2D eigenvalue weighted by atomic mass is 9.99. The Morgan fingerprint density at radius 1 is 1.09 bits per heavy atom. The minimum absolute atomic E-state index is 0.284. The van der Waals surface area contributed by atoms with Crippen molar-refractivity contribution >= 4 is 12.0 Å². The number of hydrogen-bond donors (Lipinski definition) is 1. The second-order valence-electron chi connectivity index (χ2n) is 7.67. The average molecular weight is 440 g/mol. The van der Waals surface area contributed by atoms with Crippen LogP contribution >= 0.6 is 0 Å². The maximum Gasteiger partial charge on any atom is 0.335 e. The number of alkyl halides is 2. The molecule has 7 heteroatoms. The van der Waals surface area contributed by atoms with E-state index in [1.807, 2.05) is 43.3 Å². The summed E-state index contributed by atoms with van der Waals surface area (Å²) in [4.78, 5) is 15.5. The Hall–Kier alpha value is -3.35. The Kier molecular flexibility index (Phi) is 7.51. The third-order valence-corrected chi connectivity index (χ3v) is 5.09. The lowest BCUT2D eigenvalue weighted by Crippen LogP contribution is -2.15. The second kappa shape index (κ2) is 10.3. The predicted octanol–water partition coefficient (Wildman–Crippen LogP) is 5.93. The Bertz CT molecular complexity index is 1090. The molecule has 2 aromatic carbocycles. The molecular formula is C25H27F2N3O2. The van der Waals surface area contributed by atoms with E-state index >= 15 is 0 Å². The number of hydrogen-bond acceptors (Lipinski definition) is 3. The van der Waals surface area contributed by atoms with Crippen molar-refractivity contribution in [3.8, 4) is 0 Å². The van der Waals surface area contributed by atoms with Crippen molar-refractivity contribution in [1.29, 1.82) is 0 Å². The molecule has 0 atom stereocenters. The number of nitrogens with zero attached hydrogens (tertiary/aromatic N) is 3. The van der Waals surface area contributed by atoms with E-state index in [1.165, 1.54) is 4.68 Å². The van der Waals surface area contributed by atoms with E-state index < -0.39 is 17.7 Å². The fourth-order valence-corrected chi connectivity index (χ4v) is 3.44. The van der Waals surface area contributed by atoms with Crippen LogP contribution in [-0.2, 0) is 18.9 Å². The maximum absolute atomic E-state index is 14.4. The van der Waals surface area contributed by atoms with Gasteiger partial charge in [-0.1, -0.05) is 62.4 Å². The number of benzene rings is 2. The fraction of sp³-hybridized carbons (Fsp3) is 0.320. The van der Waals surface area contributed by atoms with E-state index in [9.17, 15) is 18.7 Å². The van der Waals surface area contributed by atoms with Gasteiger partial charge in [0.2, 0.25) is 5.82 Å². The molecule has 168 valence electrons. The molecular weight excluding hydrogens is 412 g/mol. The lowest BCUT2D eigenvalue weighted by Gasteiger charge is -2.10. The van der Waals surface area contributed by atoms with E-state index in [2.05, 4.69) is 10.1 Å². The molecule has 0 spiro atoms. The van der Waals surface area contributed by atoms with Crippen molar-refractivity contribution in [1.82, 2.24) is 14.8 Å². The first-order chi connectivity index (χ1) is 15.3. The van der Waals surface area contributed by atoms with Crippen molar-refractivity contribution in [3.63, 3.8) is 0 Å². The first-order valence-electron chi connectivity index (χ1n) is 10.7. The van der Waals surface area contributed by atoms with Crippen molar-refractivity contribution in [2.75, 3.05) is 0 Å². The predicted molar refractivity (Wildman–Crippen MR) is 120 cm³/mol. The normalized spacial score (nSPS) is 11.9. The number of carbonyl (C=O) groups is 1. The van der Waals surface area contributed by atoms with Crippen molar-refractivity contribution < 1.29 is 18.7 Å². The van der Waals surface area contributed by atoms with Gasteiger partial charge in [0.15, 0.2) is 5.82 Å². The number of halogens is 2. The maximum atomic E-state index is 14.4. The van der Waals surface area contributed by atoms with Gasteiger partial charge in [-0.15, -0.1) is 5.10 Å². The molecule has 3 rings (SSSR count). The third-order valence-electron chi connectivity index (χ3n) is 5.09. The molecule has 0 aliphatic rings. The van der Waals surface area contributed by atoms with Gasteiger partial charge >= 0.3 is 11.9 Å². The summed E-state index contributed by atoms with van der Waals surface area (Å²) in [6.45, 7) is 3.98.